The second-order valence-electron chi connectivity index (χ2n) is 6.75. The molecule has 0 bridgehead atoms. The molecule has 1 atom stereocenters. The zero-order chi connectivity index (χ0) is 23.3. The Hall–Kier alpha value is -1.90. The maximum Gasteiger partial charge on any atom is 0.261 e. The molecule has 0 saturated carbocycles. The van der Waals surface area contributed by atoms with Crippen LogP contribution in [0.15, 0.2) is 76.5 Å². The molecular formula is C22H19Cl3N2O3S2. The minimum Gasteiger partial charge on any atom is -0.325 e. The van der Waals surface area contributed by atoms with Gasteiger partial charge in [0.25, 0.3) is 10.0 Å². The SMILES string of the molecule is CC[C@@H](Sc1ccc(Cl)cc1)C(=O)Nc1ccc(S(=O)(=O)Nc2cc(Cl)cc(Cl)c2)cc1. The second-order valence-corrected chi connectivity index (χ2v) is 11.0. The summed E-state index contributed by atoms with van der Waals surface area (Å²) in [6.45, 7) is 1.93. The summed E-state index contributed by atoms with van der Waals surface area (Å²) in [7, 11) is -3.85. The first kappa shape index (κ1) is 24.7. The lowest BCUT2D eigenvalue weighted by Gasteiger charge is -2.15. The number of benzene rings is 3. The molecule has 0 heterocycles. The van der Waals surface area contributed by atoms with Crippen LogP contribution in [0.25, 0.3) is 0 Å². The standard InChI is InChI=1S/C22H19Cl3N2O3S2/c1-2-21(31-19-7-3-14(23)4-8-19)22(28)26-17-5-9-20(10-6-17)32(29,30)27-18-12-15(24)11-16(25)13-18/h3-13,21,27H,2H2,1H3,(H,26,28)/t21-/m1/s1. The minimum atomic E-state index is -3.85. The van der Waals surface area contributed by atoms with E-state index in [4.69, 9.17) is 34.8 Å². The van der Waals surface area contributed by atoms with Gasteiger partial charge in [-0.15, -0.1) is 11.8 Å². The lowest BCUT2D eigenvalue weighted by Crippen LogP contribution is -2.24. The highest BCUT2D eigenvalue weighted by Gasteiger charge is 2.19. The molecule has 0 aliphatic carbocycles. The average Bonchev–Trinajstić information content (AvgIpc) is 2.72. The van der Waals surface area contributed by atoms with Crippen molar-refractivity contribution in [2.24, 2.45) is 0 Å². The number of sulfonamides is 1. The Balaban J connectivity index is 1.67. The van der Waals surface area contributed by atoms with Gasteiger partial charge in [-0.05, 0) is 73.2 Å². The van der Waals surface area contributed by atoms with Crippen molar-refractivity contribution in [2.75, 3.05) is 10.0 Å². The van der Waals surface area contributed by atoms with E-state index in [-0.39, 0.29) is 21.7 Å². The van der Waals surface area contributed by atoms with Crippen molar-refractivity contribution in [2.45, 2.75) is 28.4 Å². The lowest BCUT2D eigenvalue weighted by atomic mass is 10.3. The fraction of sp³-hybridized carbons (Fsp3) is 0.136. The predicted molar refractivity (Wildman–Crippen MR) is 134 cm³/mol. The number of carbonyl (C=O) groups is 1. The molecule has 10 heteroatoms. The number of halogens is 3. The van der Waals surface area contributed by atoms with Gasteiger partial charge in [0.15, 0.2) is 0 Å². The largest absolute Gasteiger partial charge is 0.325 e. The highest BCUT2D eigenvalue weighted by atomic mass is 35.5. The van der Waals surface area contributed by atoms with Gasteiger partial charge in [-0.2, -0.15) is 0 Å². The number of amides is 1. The number of carbonyl (C=O) groups excluding carboxylic acids is 1. The van der Waals surface area contributed by atoms with Crippen LogP contribution in [0.5, 0.6) is 0 Å². The van der Waals surface area contributed by atoms with Crippen molar-refractivity contribution in [3.63, 3.8) is 0 Å². The Bertz CT molecular complexity index is 1180. The van der Waals surface area contributed by atoms with Gasteiger partial charge in [-0.1, -0.05) is 41.7 Å². The van der Waals surface area contributed by atoms with Crippen LogP contribution in [-0.2, 0) is 14.8 Å². The molecule has 0 unspecified atom stereocenters. The Morgan fingerprint density at radius 1 is 0.875 bits per heavy atom. The summed E-state index contributed by atoms with van der Waals surface area (Å²) in [4.78, 5) is 13.7. The maximum absolute atomic E-state index is 12.7. The third kappa shape index (κ3) is 6.80. The van der Waals surface area contributed by atoms with Crippen LogP contribution in [0, 0.1) is 0 Å². The Morgan fingerprint density at radius 3 is 2.03 bits per heavy atom. The van der Waals surface area contributed by atoms with E-state index in [1.165, 1.54) is 54.2 Å². The van der Waals surface area contributed by atoms with Crippen molar-refractivity contribution in [3.05, 3.63) is 81.8 Å². The maximum atomic E-state index is 12.7. The van der Waals surface area contributed by atoms with Gasteiger partial charge < -0.3 is 5.32 Å². The van der Waals surface area contributed by atoms with Crippen LogP contribution in [-0.4, -0.2) is 19.6 Å². The number of nitrogens with one attached hydrogen (secondary N) is 2. The molecule has 3 aromatic rings. The molecule has 0 aromatic heterocycles. The summed E-state index contributed by atoms with van der Waals surface area (Å²) in [6, 6.07) is 17.6. The minimum absolute atomic E-state index is 0.0363. The summed E-state index contributed by atoms with van der Waals surface area (Å²) >= 11 is 19.2. The topological polar surface area (TPSA) is 75.3 Å². The Kier molecular flexibility index (Phi) is 8.36. The normalized spacial score (nSPS) is 12.2. The fourth-order valence-corrected chi connectivity index (χ4v) is 5.41. The van der Waals surface area contributed by atoms with Crippen LogP contribution in [0.3, 0.4) is 0 Å². The Morgan fingerprint density at radius 2 is 1.47 bits per heavy atom. The number of rotatable bonds is 8. The number of anilines is 2. The van der Waals surface area contributed by atoms with Crippen molar-refractivity contribution < 1.29 is 13.2 Å². The summed E-state index contributed by atoms with van der Waals surface area (Å²) in [6.07, 6.45) is 0.623. The lowest BCUT2D eigenvalue weighted by molar-refractivity contribution is -0.115. The molecule has 2 N–H and O–H groups in total. The number of hydrogen-bond donors (Lipinski definition) is 2. The first-order chi connectivity index (χ1) is 15.2. The molecule has 168 valence electrons. The van der Waals surface area contributed by atoms with Crippen LogP contribution in [0.1, 0.15) is 13.3 Å². The first-order valence-corrected chi connectivity index (χ1v) is 13.0. The molecule has 3 rings (SSSR count). The van der Waals surface area contributed by atoms with Crippen LogP contribution >= 0.6 is 46.6 Å². The molecule has 0 aliphatic rings. The van der Waals surface area contributed by atoms with E-state index in [0.717, 1.165) is 4.90 Å². The smallest absolute Gasteiger partial charge is 0.261 e. The van der Waals surface area contributed by atoms with Crippen molar-refractivity contribution in [1.29, 1.82) is 0 Å². The van der Waals surface area contributed by atoms with Crippen LogP contribution in [0.4, 0.5) is 11.4 Å². The molecule has 0 fully saturated rings. The average molecular weight is 530 g/mol. The van der Waals surface area contributed by atoms with Gasteiger partial charge in [0.2, 0.25) is 5.91 Å². The van der Waals surface area contributed by atoms with Gasteiger partial charge in [-0.25, -0.2) is 8.42 Å². The predicted octanol–water partition coefficient (Wildman–Crippen LogP) is 6.96. The van der Waals surface area contributed by atoms with E-state index in [0.29, 0.717) is 27.2 Å². The summed E-state index contributed by atoms with van der Waals surface area (Å²) in [5.74, 6) is -0.172. The molecule has 0 radical (unpaired) electrons. The van der Waals surface area contributed by atoms with Gasteiger partial charge in [0.1, 0.15) is 0 Å². The quantitative estimate of drug-likeness (QED) is 0.309. The van der Waals surface area contributed by atoms with E-state index in [9.17, 15) is 13.2 Å². The first-order valence-electron chi connectivity index (χ1n) is 9.48. The second kappa shape index (κ2) is 10.8. The fourth-order valence-electron chi connectivity index (χ4n) is 2.77. The summed E-state index contributed by atoms with van der Waals surface area (Å²) < 4.78 is 27.7. The molecule has 3 aromatic carbocycles. The molecule has 5 nitrogen and oxygen atoms in total. The van der Waals surface area contributed by atoms with Gasteiger partial charge >= 0.3 is 0 Å². The van der Waals surface area contributed by atoms with E-state index in [1.807, 2.05) is 19.1 Å². The van der Waals surface area contributed by atoms with E-state index in [1.54, 1.807) is 12.1 Å². The Labute approximate surface area is 206 Å². The van der Waals surface area contributed by atoms with Crippen LogP contribution < -0.4 is 10.0 Å². The molecular weight excluding hydrogens is 511 g/mol. The molecule has 0 aliphatic heterocycles. The van der Waals surface area contributed by atoms with Crippen LogP contribution in [0.2, 0.25) is 15.1 Å². The number of thioether (sulfide) groups is 1. The van der Waals surface area contributed by atoms with E-state index in [2.05, 4.69) is 10.0 Å². The molecule has 0 saturated heterocycles. The van der Waals surface area contributed by atoms with Gasteiger partial charge in [0, 0.05) is 25.7 Å². The molecule has 0 spiro atoms. The third-order valence-electron chi connectivity index (χ3n) is 4.30. The summed E-state index contributed by atoms with van der Waals surface area (Å²) in [5, 5.41) is 3.78. The van der Waals surface area contributed by atoms with E-state index >= 15 is 0 Å². The third-order valence-corrected chi connectivity index (χ3v) is 7.76. The number of hydrogen-bond acceptors (Lipinski definition) is 4. The highest BCUT2D eigenvalue weighted by molar-refractivity contribution is 8.00. The zero-order valence-corrected chi connectivity index (χ0v) is 20.7. The van der Waals surface area contributed by atoms with Gasteiger partial charge in [-0.3, -0.25) is 9.52 Å². The van der Waals surface area contributed by atoms with Crippen molar-refractivity contribution in [1.82, 2.24) is 0 Å². The van der Waals surface area contributed by atoms with Crippen molar-refractivity contribution >= 4 is 73.9 Å². The molecule has 32 heavy (non-hydrogen) atoms. The van der Waals surface area contributed by atoms with E-state index < -0.39 is 10.0 Å². The summed E-state index contributed by atoms with van der Waals surface area (Å²) in [5.41, 5.74) is 0.750. The highest BCUT2D eigenvalue weighted by Crippen LogP contribution is 2.28. The monoisotopic (exact) mass is 528 g/mol. The zero-order valence-electron chi connectivity index (χ0n) is 16.8. The van der Waals surface area contributed by atoms with Crippen molar-refractivity contribution in [3.8, 4) is 0 Å². The molecule has 1 amide bonds. The van der Waals surface area contributed by atoms with Gasteiger partial charge in [0.05, 0.1) is 15.8 Å².